The lowest BCUT2D eigenvalue weighted by atomic mass is 9.78. The summed E-state index contributed by atoms with van der Waals surface area (Å²) in [5, 5.41) is 0. The minimum absolute atomic E-state index is 0. The van der Waals surface area contributed by atoms with E-state index in [1.165, 1.54) is 12.1 Å². The topological polar surface area (TPSA) is 64.8 Å². The maximum Gasteiger partial charge on any atom is 0.230 e. The van der Waals surface area contributed by atoms with E-state index in [0.717, 1.165) is 5.56 Å². The van der Waals surface area contributed by atoms with E-state index < -0.39 is 5.41 Å². The first-order valence-corrected chi connectivity index (χ1v) is 8.09. The van der Waals surface area contributed by atoms with Crippen molar-refractivity contribution in [1.82, 2.24) is 4.90 Å². The third kappa shape index (κ3) is 3.88. The van der Waals surface area contributed by atoms with Crippen LogP contribution in [-0.4, -0.2) is 50.3 Å². The van der Waals surface area contributed by atoms with Gasteiger partial charge in [-0.2, -0.15) is 0 Å². The summed E-state index contributed by atoms with van der Waals surface area (Å²) in [5.41, 5.74) is 6.31. The van der Waals surface area contributed by atoms with Gasteiger partial charge in [-0.1, -0.05) is 12.1 Å². The normalized spacial score (nSPS) is 23.4. The molecule has 2 saturated heterocycles. The van der Waals surface area contributed by atoms with Crippen LogP contribution in [0.15, 0.2) is 24.3 Å². The Hall–Kier alpha value is -1.21. The molecule has 1 amide bonds. The quantitative estimate of drug-likeness (QED) is 0.896. The summed E-state index contributed by atoms with van der Waals surface area (Å²) in [7, 11) is 0. The van der Waals surface area contributed by atoms with Crippen LogP contribution >= 0.6 is 12.4 Å². The van der Waals surface area contributed by atoms with E-state index in [2.05, 4.69) is 0 Å². The van der Waals surface area contributed by atoms with E-state index in [-0.39, 0.29) is 30.2 Å². The fourth-order valence-corrected chi connectivity index (χ4v) is 3.32. The van der Waals surface area contributed by atoms with Crippen molar-refractivity contribution in [2.24, 2.45) is 11.1 Å². The molecule has 1 aromatic carbocycles. The fraction of sp³-hybridized carbons (Fsp3) is 0.588. The van der Waals surface area contributed by atoms with Crippen LogP contribution in [0.3, 0.4) is 0 Å². The van der Waals surface area contributed by atoms with Gasteiger partial charge in [-0.3, -0.25) is 4.79 Å². The minimum Gasteiger partial charge on any atom is -0.381 e. The predicted molar refractivity (Wildman–Crippen MR) is 90.5 cm³/mol. The van der Waals surface area contributed by atoms with Crippen LogP contribution in [0, 0.1) is 11.2 Å². The number of amides is 1. The first-order chi connectivity index (χ1) is 11.1. The zero-order chi connectivity index (χ0) is 16.3. The second-order valence-corrected chi connectivity index (χ2v) is 6.26. The standard InChI is InChI=1S/C17H23FN2O3.ClH/c18-14-3-1-13(2-4-14)15-11-20(7-10-23-15)16(21)17(12-19)5-8-22-9-6-17;/h1-4,15H,5-12,19H2;1H. The lowest BCUT2D eigenvalue weighted by molar-refractivity contribution is -0.154. The number of hydrogen-bond donors (Lipinski definition) is 1. The molecule has 0 radical (unpaired) electrons. The Morgan fingerprint density at radius 1 is 1.25 bits per heavy atom. The van der Waals surface area contributed by atoms with Crippen LogP contribution in [0.1, 0.15) is 24.5 Å². The molecule has 5 nitrogen and oxygen atoms in total. The van der Waals surface area contributed by atoms with Gasteiger partial charge in [-0.25, -0.2) is 4.39 Å². The molecule has 2 aliphatic heterocycles. The number of ether oxygens (including phenoxy) is 2. The molecule has 2 heterocycles. The van der Waals surface area contributed by atoms with Crippen molar-refractivity contribution in [2.45, 2.75) is 18.9 Å². The van der Waals surface area contributed by atoms with Gasteiger partial charge in [0.1, 0.15) is 11.9 Å². The predicted octanol–water partition coefficient (Wildman–Crippen LogP) is 1.90. The molecule has 1 atom stereocenters. The van der Waals surface area contributed by atoms with Gasteiger partial charge in [0.05, 0.1) is 18.6 Å². The summed E-state index contributed by atoms with van der Waals surface area (Å²) in [6.07, 6.45) is 1.12. The molecule has 0 aromatic heterocycles. The zero-order valence-electron chi connectivity index (χ0n) is 13.6. The van der Waals surface area contributed by atoms with Gasteiger partial charge in [0.2, 0.25) is 5.91 Å². The first-order valence-electron chi connectivity index (χ1n) is 8.09. The molecule has 0 bridgehead atoms. The summed E-state index contributed by atoms with van der Waals surface area (Å²) in [6.45, 7) is 3.02. The van der Waals surface area contributed by atoms with Crippen LogP contribution in [0.4, 0.5) is 4.39 Å². The van der Waals surface area contributed by atoms with Crippen LogP contribution in [-0.2, 0) is 14.3 Å². The van der Waals surface area contributed by atoms with E-state index in [0.29, 0.717) is 52.3 Å². The molecule has 2 aliphatic rings. The Balaban J connectivity index is 0.00000208. The minimum atomic E-state index is -0.511. The van der Waals surface area contributed by atoms with Gasteiger partial charge in [-0.15, -0.1) is 12.4 Å². The molecule has 2 N–H and O–H groups in total. The van der Waals surface area contributed by atoms with Crippen LogP contribution < -0.4 is 5.73 Å². The molecule has 7 heteroatoms. The highest BCUT2D eigenvalue weighted by Crippen LogP contribution is 2.33. The zero-order valence-corrected chi connectivity index (χ0v) is 14.4. The summed E-state index contributed by atoms with van der Waals surface area (Å²) in [6, 6.07) is 6.25. The van der Waals surface area contributed by atoms with Gasteiger partial charge >= 0.3 is 0 Å². The maximum absolute atomic E-state index is 13.1. The Bertz CT molecular complexity index is 549. The van der Waals surface area contributed by atoms with Crippen LogP contribution in [0.2, 0.25) is 0 Å². The van der Waals surface area contributed by atoms with E-state index in [1.807, 2.05) is 4.90 Å². The molecular formula is C17H24ClFN2O3. The third-order valence-corrected chi connectivity index (χ3v) is 4.89. The average Bonchev–Trinajstić information content (AvgIpc) is 2.62. The highest BCUT2D eigenvalue weighted by atomic mass is 35.5. The second-order valence-electron chi connectivity index (χ2n) is 6.26. The highest BCUT2D eigenvalue weighted by molar-refractivity contribution is 5.85. The molecule has 24 heavy (non-hydrogen) atoms. The Kier molecular flexibility index (Phi) is 6.57. The lowest BCUT2D eigenvalue weighted by Crippen LogP contribution is -2.54. The Morgan fingerprint density at radius 3 is 2.54 bits per heavy atom. The van der Waals surface area contributed by atoms with Gasteiger partial charge in [0.15, 0.2) is 0 Å². The second kappa shape index (κ2) is 8.25. The fourth-order valence-electron chi connectivity index (χ4n) is 3.32. The van der Waals surface area contributed by atoms with E-state index in [9.17, 15) is 9.18 Å². The van der Waals surface area contributed by atoms with Crippen molar-refractivity contribution < 1.29 is 18.7 Å². The smallest absolute Gasteiger partial charge is 0.230 e. The van der Waals surface area contributed by atoms with E-state index >= 15 is 0 Å². The molecule has 134 valence electrons. The summed E-state index contributed by atoms with van der Waals surface area (Å²) >= 11 is 0. The van der Waals surface area contributed by atoms with Crippen molar-refractivity contribution in [3.8, 4) is 0 Å². The molecule has 0 aliphatic carbocycles. The first kappa shape index (κ1) is 19.1. The molecule has 1 unspecified atom stereocenters. The van der Waals surface area contributed by atoms with Gasteiger partial charge in [0.25, 0.3) is 0 Å². The lowest BCUT2D eigenvalue weighted by Gasteiger charge is -2.41. The number of carbonyl (C=O) groups excluding carboxylic acids is 1. The average molecular weight is 359 g/mol. The van der Waals surface area contributed by atoms with Gasteiger partial charge < -0.3 is 20.1 Å². The van der Waals surface area contributed by atoms with E-state index in [1.54, 1.807) is 12.1 Å². The van der Waals surface area contributed by atoms with Crippen LogP contribution in [0.25, 0.3) is 0 Å². The van der Waals surface area contributed by atoms with Crippen molar-refractivity contribution in [3.63, 3.8) is 0 Å². The molecule has 0 saturated carbocycles. The van der Waals surface area contributed by atoms with Crippen molar-refractivity contribution in [2.75, 3.05) is 39.5 Å². The van der Waals surface area contributed by atoms with Gasteiger partial charge in [0, 0.05) is 26.3 Å². The number of hydrogen-bond acceptors (Lipinski definition) is 4. The van der Waals surface area contributed by atoms with Gasteiger partial charge in [-0.05, 0) is 30.5 Å². The maximum atomic E-state index is 13.1. The van der Waals surface area contributed by atoms with E-state index in [4.69, 9.17) is 15.2 Å². The SMILES string of the molecule is Cl.NCC1(C(=O)N2CCOC(c3ccc(F)cc3)C2)CCOCC1. The Labute approximate surface area is 147 Å². The van der Waals surface area contributed by atoms with Crippen molar-refractivity contribution in [1.29, 1.82) is 0 Å². The summed E-state index contributed by atoms with van der Waals surface area (Å²) < 4.78 is 24.2. The number of rotatable bonds is 3. The van der Waals surface area contributed by atoms with Crippen molar-refractivity contribution in [3.05, 3.63) is 35.6 Å². The van der Waals surface area contributed by atoms with Crippen LogP contribution in [0.5, 0.6) is 0 Å². The number of carbonyl (C=O) groups is 1. The van der Waals surface area contributed by atoms with Crippen molar-refractivity contribution >= 4 is 18.3 Å². The molecule has 3 rings (SSSR count). The largest absolute Gasteiger partial charge is 0.381 e. The molecule has 1 aromatic rings. The summed E-state index contributed by atoms with van der Waals surface area (Å²) in [5.74, 6) is -0.180. The highest BCUT2D eigenvalue weighted by Gasteiger charge is 2.42. The third-order valence-electron chi connectivity index (χ3n) is 4.89. The number of morpholine rings is 1. The number of nitrogens with zero attached hydrogens (tertiary/aromatic N) is 1. The summed E-state index contributed by atoms with van der Waals surface area (Å²) in [4.78, 5) is 14.9. The number of nitrogens with two attached hydrogens (primary N) is 1. The number of benzene rings is 1. The Morgan fingerprint density at radius 2 is 1.92 bits per heavy atom. The molecular weight excluding hydrogens is 335 g/mol. The molecule has 0 spiro atoms. The molecule has 2 fully saturated rings. The number of halogens is 2. The monoisotopic (exact) mass is 358 g/mol.